The molecular weight excluding hydrogens is 188 g/mol. The van der Waals surface area contributed by atoms with Crippen LogP contribution in [0.3, 0.4) is 0 Å². The molecule has 3 N–H and O–H groups in total. The first kappa shape index (κ1) is 9.08. The van der Waals surface area contributed by atoms with Gasteiger partial charge in [0.05, 0.1) is 17.1 Å². The Hall–Kier alpha value is -1.49. The number of benzene rings is 1. The summed E-state index contributed by atoms with van der Waals surface area (Å²) in [5.41, 5.74) is 6.41. The highest BCUT2D eigenvalue weighted by atomic mass is 19.2. The van der Waals surface area contributed by atoms with Crippen LogP contribution in [0.15, 0.2) is 12.1 Å². The van der Waals surface area contributed by atoms with E-state index in [0.717, 1.165) is 12.1 Å². The lowest BCUT2D eigenvalue weighted by Crippen LogP contribution is -2.06. The van der Waals surface area contributed by atoms with Crippen molar-refractivity contribution in [1.82, 2.24) is 9.97 Å². The summed E-state index contributed by atoms with van der Waals surface area (Å²) in [5, 5.41) is 0. The minimum atomic E-state index is -0.903. The number of aromatic nitrogens is 2. The summed E-state index contributed by atoms with van der Waals surface area (Å²) in [6, 6.07) is 1.84. The van der Waals surface area contributed by atoms with Crippen LogP contribution < -0.4 is 5.73 Å². The molecule has 1 heterocycles. The summed E-state index contributed by atoms with van der Waals surface area (Å²) in [7, 11) is 0. The molecule has 74 valence electrons. The first-order valence-corrected chi connectivity index (χ1v) is 4.18. The zero-order valence-corrected chi connectivity index (χ0v) is 7.51. The minimum absolute atomic E-state index is 0.284. The van der Waals surface area contributed by atoms with Crippen LogP contribution in [0.5, 0.6) is 0 Å². The summed E-state index contributed by atoms with van der Waals surface area (Å²) < 4.78 is 25.6. The number of nitrogens with two attached hydrogens (primary N) is 1. The summed E-state index contributed by atoms with van der Waals surface area (Å²) >= 11 is 0. The molecule has 0 fully saturated rings. The highest BCUT2D eigenvalue weighted by Crippen LogP contribution is 2.18. The fraction of sp³-hybridized carbons (Fsp3) is 0.222. The van der Waals surface area contributed by atoms with E-state index in [0.29, 0.717) is 16.9 Å². The standard InChI is InChI=1S/C9H9F2N3/c1-4(12)9-13-7-2-5(10)6(11)3-8(7)14-9/h2-4H,12H2,1H3,(H,13,14). The summed E-state index contributed by atoms with van der Waals surface area (Å²) in [5.74, 6) is -1.28. The lowest BCUT2D eigenvalue weighted by Gasteiger charge is -1.96. The average molecular weight is 197 g/mol. The first-order valence-electron chi connectivity index (χ1n) is 4.18. The van der Waals surface area contributed by atoms with E-state index in [1.807, 2.05) is 0 Å². The van der Waals surface area contributed by atoms with Crippen molar-refractivity contribution >= 4 is 11.0 Å². The molecule has 0 aliphatic rings. The van der Waals surface area contributed by atoms with Crippen LogP contribution in [0, 0.1) is 11.6 Å². The number of hydrogen-bond acceptors (Lipinski definition) is 2. The minimum Gasteiger partial charge on any atom is -0.341 e. The SMILES string of the molecule is CC(N)c1nc2cc(F)c(F)cc2[nH]1. The normalized spacial score (nSPS) is 13.4. The van der Waals surface area contributed by atoms with E-state index >= 15 is 0 Å². The van der Waals surface area contributed by atoms with Crippen molar-refractivity contribution in [1.29, 1.82) is 0 Å². The van der Waals surface area contributed by atoms with Gasteiger partial charge in [0.25, 0.3) is 0 Å². The Morgan fingerprint density at radius 3 is 2.64 bits per heavy atom. The second kappa shape index (κ2) is 3.02. The van der Waals surface area contributed by atoms with Gasteiger partial charge in [-0.1, -0.05) is 0 Å². The van der Waals surface area contributed by atoms with Gasteiger partial charge in [-0.15, -0.1) is 0 Å². The lowest BCUT2D eigenvalue weighted by atomic mass is 10.3. The molecule has 2 aromatic rings. The van der Waals surface area contributed by atoms with E-state index in [1.165, 1.54) is 0 Å². The molecule has 0 radical (unpaired) electrons. The Kier molecular flexibility index (Phi) is 1.96. The van der Waals surface area contributed by atoms with Gasteiger partial charge >= 0.3 is 0 Å². The van der Waals surface area contributed by atoms with Crippen molar-refractivity contribution in [2.75, 3.05) is 0 Å². The maximum atomic E-state index is 12.8. The van der Waals surface area contributed by atoms with Crippen LogP contribution >= 0.6 is 0 Å². The molecule has 1 aromatic heterocycles. The quantitative estimate of drug-likeness (QED) is 0.733. The van der Waals surface area contributed by atoms with Crippen molar-refractivity contribution in [3.05, 3.63) is 29.6 Å². The fourth-order valence-electron chi connectivity index (χ4n) is 1.24. The van der Waals surface area contributed by atoms with Gasteiger partial charge < -0.3 is 10.7 Å². The molecule has 1 atom stereocenters. The number of nitrogens with one attached hydrogen (secondary N) is 1. The molecule has 14 heavy (non-hydrogen) atoms. The highest BCUT2D eigenvalue weighted by Gasteiger charge is 2.10. The third kappa shape index (κ3) is 1.35. The Balaban J connectivity index is 2.66. The maximum Gasteiger partial charge on any atom is 0.161 e. The fourth-order valence-corrected chi connectivity index (χ4v) is 1.24. The van der Waals surface area contributed by atoms with Crippen LogP contribution in [0.1, 0.15) is 18.8 Å². The van der Waals surface area contributed by atoms with Crippen molar-refractivity contribution in [2.45, 2.75) is 13.0 Å². The largest absolute Gasteiger partial charge is 0.341 e. The van der Waals surface area contributed by atoms with Gasteiger partial charge in [-0.2, -0.15) is 0 Å². The van der Waals surface area contributed by atoms with Crippen molar-refractivity contribution < 1.29 is 8.78 Å². The number of nitrogens with zero attached hydrogens (tertiary/aromatic N) is 1. The maximum absolute atomic E-state index is 12.8. The van der Waals surface area contributed by atoms with E-state index in [-0.39, 0.29) is 6.04 Å². The zero-order valence-electron chi connectivity index (χ0n) is 7.51. The molecule has 1 aromatic carbocycles. The van der Waals surface area contributed by atoms with Crippen molar-refractivity contribution in [3.8, 4) is 0 Å². The molecule has 1 unspecified atom stereocenters. The topological polar surface area (TPSA) is 54.7 Å². The lowest BCUT2D eigenvalue weighted by molar-refractivity contribution is 0.510. The molecule has 5 heteroatoms. The molecule has 3 nitrogen and oxygen atoms in total. The number of aromatic amines is 1. The Bertz CT molecular complexity index is 437. The highest BCUT2D eigenvalue weighted by molar-refractivity contribution is 5.75. The van der Waals surface area contributed by atoms with Crippen LogP contribution in [-0.4, -0.2) is 9.97 Å². The van der Waals surface area contributed by atoms with Crippen LogP contribution in [0.4, 0.5) is 8.78 Å². The molecule has 0 aliphatic heterocycles. The van der Waals surface area contributed by atoms with Gasteiger partial charge in [0.15, 0.2) is 11.6 Å². The van der Waals surface area contributed by atoms with Gasteiger partial charge in [-0.3, -0.25) is 0 Å². The number of hydrogen-bond donors (Lipinski definition) is 2. The molecule has 0 spiro atoms. The number of halogens is 2. The Labute approximate surface area is 78.9 Å². The number of fused-ring (bicyclic) bond motifs is 1. The third-order valence-electron chi connectivity index (χ3n) is 1.97. The number of rotatable bonds is 1. The number of imidazole rings is 1. The summed E-state index contributed by atoms with van der Waals surface area (Å²) in [6.07, 6.45) is 0. The number of H-pyrrole nitrogens is 1. The van der Waals surface area contributed by atoms with Crippen LogP contribution in [-0.2, 0) is 0 Å². The van der Waals surface area contributed by atoms with Crippen LogP contribution in [0.2, 0.25) is 0 Å². The molecule has 0 bridgehead atoms. The van der Waals surface area contributed by atoms with E-state index in [9.17, 15) is 8.78 Å². The van der Waals surface area contributed by atoms with Crippen molar-refractivity contribution in [3.63, 3.8) is 0 Å². The zero-order chi connectivity index (χ0) is 10.3. The molecule has 0 saturated carbocycles. The van der Waals surface area contributed by atoms with E-state index in [1.54, 1.807) is 6.92 Å². The molecule has 0 amide bonds. The van der Waals surface area contributed by atoms with Gasteiger partial charge in [0.2, 0.25) is 0 Å². The van der Waals surface area contributed by atoms with E-state index < -0.39 is 11.6 Å². The molecule has 0 aliphatic carbocycles. The van der Waals surface area contributed by atoms with Gasteiger partial charge in [0, 0.05) is 12.1 Å². The van der Waals surface area contributed by atoms with Gasteiger partial charge in [0.1, 0.15) is 5.82 Å². The monoisotopic (exact) mass is 197 g/mol. The summed E-state index contributed by atoms with van der Waals surface area (Å²) in [4.78, 5) is 6.85. The smallest absolute Gasteiger partial charge is 0.161 e. The van der Waals surface area contributed by atoms with Crippen LogP contribution in [0.25, 0.3) is 11.0 Å². The van der Waals surface area contributed by atoms with Gasteiger partial charge in [-0.05, 0) is 6.92 Å². The molecule has 2 rings (SSSR count). The third-order valence-corrected chi connectivity index (χ3v) is 1.97. The molecular formula is C9H9F2N3. The predicted octanol–water partition coefficient (Wildman–Crippen LogP) is 1.86. The van der Waals surface area contributed by atoms with E-state index in [4.69, 9.17) is 5.73 Å². The summed E-state index contributed by atoms with van der Waals surface area (Å²) in [6.45, 7) is 1.74. The predicted molar refractivity (Wildman–Crippen MR) is 48.6 cm³/mol. The van der Waals surface area contributed by atoms with Crippen molar-refractivity contribution in [2.24, 2.45) is 5.73 Å². The Morgan fingerprint density at radius 1 is 1.36 bits per heavy atom. The average Bonchev–Trinajstić information content (AvgIpc) is 2.48. The molecule has 0 saturated heterocycles. The Morgan fingerprint density at radius 2 is 2.00 bits per heavy atom. The van der Waals surface area contributed by atoms with Gasteiger partial charge in [-0.25, -0.2) is 13.8 Å². The first-order chi connectivity index (χ1) is 6.58. The van der Waals surface area contributed by atoms with E-state index in [2.05, 4.69) is 9.97 Å². The second-order valence-electron chi connectivity index (χ2n) is 3.19. The second-order valence-corrected chi connectivity index (χ2v) is 3.19.